The fraction of sp³-hybridized carbons (Fsp3) is 0.304. The highest BCUT2D eigenvalue weighted by Gasteiger charge is 2.19. The number of ether oxygens (including phenoxy) is 1. The highest BCUT2D eigenvalue weighted by molar-refractivity contribution is 7.98. The van der Waals surface area contributed by atoms with Gasteiger partial charge in [-0.3, -0.25) is 4.57 Å². The molecule has 0 fully saturated rings. The molecule has 0 aliphatic carbocycles. The number of thioether (sulfide) groups is 1. The lowest BCUT2D eigenvalue weighted by molar-refractivity contribution is 0.210. The van der Waals surface area contributed by atoms with Crippen molar-refractivity contribution in [3.63, 3.8) is 0 Å². The van der Waals surface area contributed by atoms with Crippen molar-refractivity contribution in [1.29, 1.82) is 0 Å². The van der Waals surface area contributed by atoms with Gasteiger partial charge >= 0.3 is 0 Å². The van der Waals surface area contributed by atoms with E-state index >= 15 is 0 Å². The Bertz CT molecular complexity index is 944. The molecule has 0 amide bonds. The van der Waals surface area contributed by atoms with Crippen molar-refractivity contribution in [3.8, 4) is 5.75 Å². The van der Waals surface area contributed by atoms with Gasteiger partial charge in [0.15, 0.2) is 17.1 Å². The molecule has 3 rings (SSSR count). The lowest BCUT2D eigenvalue weighted by Gasteiger charge is -2.16. The van der Waals surface area contributed by atoms with Gasteiger partial charge in [-0.05, 0) is 62.1 Å². The fourth-order valence-corrected chi connectivity index (χ4v) is 4.21. The van der Waals surface area contributed by atoms with Crippen molar-refractivity contribution in [1.82, 2.24) is 14.8 Å². The molecule has 1 unspecified atom stereocenters. The van der Waals surface area contributed by atoms with Crippen LogP contribution in [-0.4, -0.2) is 14.8 Å². The lowest BCUT2D eigenvalue weighted by atomic mass is 10.1. The zero-order chi connectivity index (χ0) is 20.1. The van der Waals surface area contributed by atoms with E-state index in [1.807, 2.05) is 25.1 Å². The lowest BCUT2D eigenvalue weighted by Crippen LogP contribution is -2.12. The normalized spacial score (nSPS) is 12.0. The third-order valence-electron chi connectivity index (χ3n) is 4.55. The predicted molar refractivity (Wildman–Crippen MR) is 116 cm³/mol. The van der Waals surface area contributed by atoms with Gasteiger partial charge in [-0.25, -0.2) is 0 Å². The van der Waals surface area contributed by atoms with Gasteiger partial charge in [0, 0.05) is 12.3 Å². The summed E-state index contributed by atoms with van der Waals surface area (Å²) < 4.78 is 8.26. The first-order valence-electron chi connectivity index (χ1n) is 9.44. The van der Waals surface area contributed by atoms with Crippen LogP contribution >= 0.6 is 11.8 Å². The molecule has 0 radical (unpaired) electrons. The largest absolute Gasteiger partial charge is 0.483 e. The van der Waals surface area contributed by atoms with E-state index in [2.05, 4.69) is 72.4 Å². The van der Waals surface area contributed by atoms with Gasteiger partial charge in [0.2, 0.25) is 0 Å². The molecule has 0 bridgehead atoms. The topological polar surface area (TPSA) is 39.9 Å². The molecule has 1 heterocycles. The minimum Gasteiger partial charge on any atom is -0.483 e. The third-order valence-corrected chi connectivity index (χ3v) is 5.56. The van der Waals surface area contributed by atoms with Gasteiger partial charge in [-0.15, -0.1) is 16.8 Å². The fourth-order valence-electron chi connectivity index (χ4n) is 3.18. The minimum atomic E-state index is -0.207. The standard InChI is InChI=1S/C23H27N3OS/c1-6-11-26-22(19(5)27-21-13-16(2)12-17(3)14-21)24-25-23(26)28-15-20-10-8-7-9-18(20)4/h6-10,12-14,19H,1,11,15H2,2-5H3. The quantitative estimate of drug-likeness (QED) is 0.357. The van der Waals surface area contributed by atoms with Crippen LogP contribution in [0.1, 0.15) is 41.1 Å². The summed E-state index contributed by atoms with van der Waals surface area (Å²) in [6.45, 7) is 12.8. The first kappa shape index (κ1) is 20.2. The van der Waals surface area contributed by atoms with E-state index in [4.69, 9.17) is 4.74 Å². The molecule has 0 aliphatic heterocycles. The van der Waals surface area contributed by atoms with E-state index < -0.39 is 0 Å². The maximum Gasteiger partial charge on any atom is 0.191 e. The van der Waals surface area contributed by atoms with E-state index in [0.29, 0.717) is 6.54 Å². The zero-order valence-corrected chi connectivity index (χ0v) is 17.8. The van der Waals surface area contributed by atoms with Crippen molar-refractivity contribution in [3.05, 3.63) is 83.2 Å². The number of benzene rings is 2. The SMILES string of the molecule is C=CCn1c(SCc2ccccc2C)nnc1C(C)Oc1cc(C)cc(C)c1. The van der Waals surface area contributed by atoms with Crippen LogP contribution in [0.3, 0.4) is 0 Å². The maximum atomic E-state index is 6.18. The maximum absolute atomic E-state index is 6.18. The van der Waals surface area contributed by atoms with Crippen LogP contribution in [-0.2, 0) is 12.3 Å². The van der Waals surface area contributed by atoms with Crippen LogP contribution < -0.4 is 4.74 Å². The van der Waals surface area contributed by atoms with E-state index in [9.17, 15) is 0 Å². The number of nitrogens with zero attached hydrogens (tertiary/aromatic N) is 3. The number of hydrogen-bond acceptors (Lipinski definition) is 4. The molecule has 0 spiro atoms. The third kappa shape index (κ3) is 4.84. The average Bonchev–Trinajstić information content (AvgIpc) is 3.03. The second kappa shape index (κ2) is 9.11. The molecule has 4 nitrogen and oxygen atoms in total. The van der Waals surface area contributed by atoms with Crippen molar-refractivity contribution in [2.45, 2.75) is 51.3 Å². The Labute approximate surface area is 171 Å². The first-order valence-corrected chi connectivity index (χ1v) is 10.4. The van der Waals surface area contributed by atoms with Crippen LogP contribution in [0.5, 0.6) is 5.75 Å². The molecule has 0 saturated carbocycles. The summed E-state index contributed by atoms with van der Waals surface area (Å²) in [4.78, 5) is 0. The van der Waals surface area contributed by atoms with Gasteiger partial charge in [-0.2, -0.15) is 0 Å². The summed E-state index contributed by atoms with van der Waals surface area (Å²) in [6, 6.07) is 14.7. The molecule has 0 saturated heterocycles. The van der Waals surface area contributed by atoms with Crippen LogP contribution in [0.4, 0.5) is 0 Å². The second-order valence-electron chi connectivity index (χ2n) is 7.04. The van der Waals surface area contributed by atoms with Gasteiger partial charge < -0.3 is 4.74 Å². The molecule has 146 valence electrons. The predicted octanol–water partition coefficient (Wildman–Crippen LogP) is 5.82. The number of hydrogen-bond donors (Lipinski definition) is 0. The van der Waals surface area contributed by atoms with Crippen LogP contribution in [0.25, 0.3) is 0 Å². The zero-order valence-electron chi connectivity index (χ0n) is 17.0. The molecule has 28 heavy (non-hydrogen) atoms. The van der Waals surface area contributed by atoms with Gasteiger partial charge in [0.1, 0.15) is 5.75 Å². The first-order chi connectivity index (χ1) is 13.5. The van der Waals surface area contributed by atoms with Crippen molar-refractivity contribution >= 4 is 11.8 Å². The van der Waals surface area contributed by atoms with Crippen molar-refractivity contribution in [2.24, 2.45) is 0 Å². The highest BCUT2D eigenvalue weighted by Crippen LogP contribution is 2.28. The average molecular weight is 394 g/mol. The summed E-state index contributed by atoms with van der Waals surface area (Å²) >= 11 is 1.69. The Morgan fingerprint density at radius 3 is 2.50 bits per heavy atom. The molecule has 3 aromatic rings. The molecule has 5 heteroatoms. The Hall–Kier alpha value is -2.53. The Morgan fingerprint density at radius 1 is 1.11 bits per heavy atom. The van der Waals surface area contributed by atoms with Crippen molar-refractivity contribution in [2.75, 3.05) is 0 Å². The smallest absolute Gasteiger partial charge is 0.191 e. The Kier molecular flexibility index (Phi) is 6.57. The Balaban J connectivity index is 1.79. The molecule has 1 aromatic heterocycles. The van der Waals surface area contributed by atoms with Gasteiger partial charge in [0.05, 0.1) is 0 Å². The van der Waals surface area contributed by atoms with Crippen molar-refractivity contribution < 1.29 is 4.74 Å². The second-order valence-corrected chi connectivity index (χ2v) is 7.98. The summed E-state index contributed by atoms with van der Waals surface area (Å²) in [7, 11) is 0. The molecule has 0 aliphatic rings. The molecular formula is C23H27N3OS. The van der Waals surface area contributed by atoms with Crippen LogP contribution in [0.15, 0.2) is 60.3 Å². The monoisotopic (exact) mass is 393 g/mol. The molecule has 1 atom stereocenters. The summed E-state index contributed by atoms with van der Waals surface area (Å²) in [6.07, 6.45) is 1.66. The van der Waals surface area contributed by atoms with Crippen LogP contribution in [0.2, 0.25) is 0 Å². The highest BCUT2D eigenvalue weighted by atomic mass is 32.2. The molecule has 0 N–H and O–H groups in total. The number of allylic oxidation sites excluding steroid dienone is 1. The minimum absolute atomic E-state index is 0.207. The number of aryl methyl sites for hydroxylation is 3. The summed E-state index contributed by atoms with van der Waals surface area (Å²) in [5, 5.41) is 9.74. The number of rotatable bonds is 8. The van der Waals surface area contributed by atoms with E-state index in [1.54, 1.807) is 11.8 Å². The molecular weight excluding hydrogens is 366 g/mol. The van der Waals surface area contributed by atoms with E-state index in [0.717, 1.165) is 22.5 Å². The van der Waals surface area contributed by atoms with Crippen LogP contribution in [0, 0.1) is 20.8 Å². The van der Waals surface area contributed by atoms with Gasteiger partial charge in [-0.1, -0.05) is 48.2 Å². The van der Waals surface area contributed by atoms with Gasteiger partial charge in [0.25, 0.3) is 0 Å². The number of aromatic nitrogens is 3. The summed E-state index contributed by atoms with van der Waals surface area (Å²) in [5.74, 6) is 2.52. The molecule has 2 aromatic carbocycles. The van der Waals surface area contributed by atoms with E-state index in [1.165, 1.54) is 22.3 Å². The van der Waals surface area contributed by atoms with E-state index in [-0.39, 0.29) is 6.10 Å². The summed E-state index contributed by atoms with van der Waals surface area (Å²) in [5.41, 5.74) is 4.96. The Morgan fingerprint density at radius 2 is 1.82 bits per heavy atom.